The second-order valence-corrected chi connectivity index (χ2v) is 6.01. The summed E-state index contributed by atoms with van der Waals surface area (Å²) in [6.45, 7) is 0.686. The standard InChI is InChI=1S/C21H22N2O/c24-21(14-8-7-11-18-9-3-1-4-10-18)20-15-22-17-23(20)16-19-12-5-2-6-13-19/h1-6,9-10,12-13,15,17H,7-8,11,14,16H2. The molecule has 2 aromatic carbocycles. The summed E-state index contributed by atoms with van der Waals surface area (Å²) in [6, 6.07) is 20.6. The molecule has 3 rings (SSSR count). The van der Waals surface area contributed by atoms with E-state index in [2.05, 4.69) is 41.4 Å². The molecule has 0 saturated heterocycles. The normalized spacial score (nSPS) is 10.7. The van der Waals surface area contributed by atoms with Gasteiger partial charge < -0.3 is 4.57 Å². The van der Waals surface area contributed by atoms with E-state index in [0.29, 0.717) is 18.7 Å². The second kappa shape index (κ2) is 8.25. The highest BCUT2D eigenvalue weighted by Crippen LogP contribution is 2.12. The number of Topliss-reactive ketones (excluding diaryl/α,β-unsaturated/α-hetero) is 1. The molecule has 0 aliphatic heterocycles. The number of imidazole rings is 1. The van der Waals surface area contributed by atoms with Crippen molar-refractivity contribution >= 4 is 5.78 Å². The average molecular weight is 318 g/mol. The van der Waals surface area contributed by atoms with Crippen LogP contribution in [0.1, 0.15) is 40.9 Å². The van der Waals surface area contributed by atoms with Crippen LogP contribution in [-0.4, -0.2) is 15.3 Å². The Hall–Kier alpha value is -2.68. The fourth-order valence-electron chi connectivity index (χ4n) is 2.85. The first-order valence-corrected chi connectivity index (χ1v) is 8.44. The van der Waals surface area contributed by atoms with Crippen LogP contribution >= 0.6 is 0 Å². The number of hydrogen-bond acceptors (Lipinski definition) is 2. The summed E-state index contributed by atoms with van der Waals surface area (Å²) >= 11 is 0. The zero-order chi connectivity index (χ0) is 16.6. The smallest absolute Gasteiger partial charge is 0.180 e. The third kappa shape index (κ3) is 4.42. The Kier molecular flexibility index (Phi) is 5.56. The predicted molar refractivity (Wildman–Crippen MR) is 96.1 cm³/mol. The molecule has 3 aromatic rings. The average Bonchev–Trinajstić information content (AvgIpc) is 3.08. The van der Waals surface area contributed by atoms with Crippen molar-refractivity contribution in [2.75, 3.05) is 0 Å². The van der Waals surface area contributed by atoms with Crippen molar-refractivity contribution in [1.29, 1.82) is 0 Å². The molecule has 122 valence electrons. The topological polar surface area (TPSA) is 34.9 Å². The highest BCUT2D eigenvalue weighted by atomic mass is 16.1. The molecule has 3 nitrogen and oxygen atoms in total. The number of unbranched alkanes of at least 4 members (excludes halogenated alkanes) is 1. The Balaban J connectivity index is 1.51. The van der Waals surface area contributed by atoms with Crippen molar-refractivity contribution in [3.63, 3.8) is 0 Å². The van der Waals surface area contributed by atoms with E-state index in [-0.39, 0.29) is 5.78 Å². The minimum absolute atomic E-state index is 0.177. The quantitative estimate of drug-likeness (QED) is 0.452. The van der Waals surface area contributed by atoms with Crippen molar-refractivity contribution in [3.8, 4) is 0 Å². The SMILES string of the molecule is O=C(CCCCc1ccccc1)c1cncn1Cc1ccccc1. The van der Waals surface area contributed by atoms with Gasteiger partial charge in [0.05, 0.1) is 12.5 Å². The molecule has 1 heterocycles. The first-order valence-electron chi connectivity index (χ1n) is 8.44. The van der Waals surface area contributed by atoms with Gasteiger partial charge in [0, 0.05) is 13.0 Å². The van der Waals surface area contributed by atoms with Gasteiger partial charge in [-0.15, -0.1) is 0 Å². The Bertz CT molecular complexity index is 763. The number of nitrogens with zero attached hydrogens (tertiary/aromatic N) is 2. The number of rotatable bonds is 8. The summed E-state index contributed by atoms with van der Waals surface area (Å²) in [5.41, 5.74) is 3.21. The zero-order valence-corrected chi connectivity index (χ0v) is 13.8. The van der Waals surface area contributed by atoms with Gasteiger partial charge in [0.2, 0.25) is 0 Å². The van der Waals surface area contributed by atoms with E-state index in [1.807, 2.05) is 28.8 Å². The molecule has 0 N–H and O–H groups in total. The number of benzene rings is 2. The van der Waals surface area contributed by atoms with Crippen LogP contribution in [-0.2, 0) is 13.0 Å². The monoisotopic (exact) mass is 318 g/mol. The number of hydrogen-bond donors (Lipinski definition) is 0. The summed E-state index contributed by atoms with van der Waals surface area (Å²) in [6.07, 6.45) is 6.96. The van der Waals surface area contributed by atoms with Crippen molar-refractivity contribution < 1.29 is 4.79 Å². The van der Waals surface area contributed by atoms with Crippen LogP contribution < -0.4 is 0 Å². The van der Waals surface area contributed by atoms with Gasteiger partial charge in [0.1, 0.15) is 5.69 Å². The highest BCUT2D eigenvalue weighted by Gasteiger charge is 2.11. The maximum atomic E-state index is 12.5. The number of ketones is 1. The lowest BCUT2D eigenvalue weighted by Gasteiger charge is -2.07. The molecule has 1 aromatic heterocycles. The molecule has 0 spiro atoms. The van der Waals surface area contributed by atoms with Crippen LogP contribution in [0.3, 0.4) is 0 Å². The maximum Gasteiger partial charge on any atom is 0.180 e. The molecular weight excluding hydrogens is 296 g/mol. The molecule has 0 aliphatic carbocycles. The van der Waals surface area contributed by atoms with Crippen LogP contribution in [0.15, 0.2) is 73.2 Å². The Labute approximate surface area is 143 Å². The largest absolute Gasteiger partial charge is 0.324 e. The van der Waals surface area contributed by atoms with Crippen LogP contribution in [0.5, 0.6) is 0 Å². The third-order valence-corrected chi connectivity index (χ3v) is 4.16. The maximum absolute atomic E-state index is 12.5. The summed E-state index contributed by atoms with van der Waals surface area (Å²) in [7, 11) is 0. The van der Waals surface area contributed by atoms with Gasteiger partial charge in [0.25, 0.3) is 0 Å². The third-order valence-electron chi connectivity index (χ3n) is 4.16. The van der Waals surface area contributed by atoms with Crippen LogP contribution in [0.2, 0.25) is 0 Å². The van der Waals surface area contributed by atoms with E-state index < -0.39 is 0 Å². The number of carbonyl (C=O) groups excluding carboxylic acids is 1. The van der Waals surface area contributed by atoms with Gasteiger partial charge in [0.15, 0.2) is 5.78 Å². The molecular formula is C21H22N2O. The zero-order valence-electron chi connectivity index (χ0n) is 13.8. The first-order chi connectivity index (χ1) is 11.8. The lowest BCUT2D eigenvalue weighted by atomic mass is 10.0. The van der Waals surface area contributed by atoms with Gasteiger partial charge in [-0.3, -0.25) is 4.79 Å². The molecule has 0 fully saturated rings. The number of aromatic nitrogens is 2. The molecule has 0 unspecified atom stereocenters. The fourth-order valence-corrected chi connectivity index (χ4v) is 2.85. The summed E-state index contributed by atoms with van der Waals surface area (Å²) in [5, 5.41) is 0. The van der Waals surface area contributed by atoms with E-state index in [1.165, 1.54) is 11.1 Å². The Morgan fingerprint density at radius 1 is 0.875 bits per heavy atom. The van der Waals surface area contributed by atoms with Gasteiger partial charge in [-0.05, 0) is 30.4 Å². The van der Waals surface area contributed by atoms with E-state index in [1.54, 1.807) is 12.5 Å². The molecule has 0 saturated carbocycles. The Morgan fingerprint density at radius 2 is 1.54 bits per heavy atom. The Morgan fingerprint density at radius 3 is 2.25 bits per heavy atom. The summed E-state index contributed by atoms with van der Waals surface area (Å²) in [5.74, 6) is 0.177. The summed E-state index contributed by atoms with van der Waals surface area (Å²) in [4.78, 5) is 16.6. The van der Waals surface area contributed by atoms with Crippen molar-refractivity contribution in [2.45, 2.75) is 32.2 Å². The van der Waals surface area contributed by atoms with Gasteiger partial charge >= 0.3 is 0 Å². The minimum Gasteiger partial charge on any atom is -0.324 e. The molecule has 0 atom stereocenters. The fraction of sp³-hybridized carbons (Fsp3) is 0.238. The first kappa shape index (κ1) is 16.2. The second-order valence-electron chi connectivity index (χ2n) is 6.01. The molecule has 0 aliphatic rings. The van der Waals surface area contributed by atoms with E-state index >= 15 is 0 Å². The van der Waals surface area contributed by atoms with E-state index in [0.717, 1.165) is 19.3 Å². The van der Waals surface area contributed by atoms with Crippen molar-refractivity contribution in [2.24, 2.45) is 0 Å². The molecule has 3 heteroatoms. The van der Waals surface area contributed by atoms with Gasteiger partial charge in [-0.1, -0.05) is 60.7 Å². The van der Waals surface area contributed by atoms with Crippen LogP contribution in [0.25, 0.3) is 0 Å². The highest BCUT2D eigenvalue weighted by molar-refractivity contribution is 5.94. The van der Waals surface area contributed by atoms with Crippen LogP contribution in [0.4, 0.5) is 0 Å². The minimum atomic E-state index is 0.177. The van der Waals surface area contributed by atoms with Crippen LogP contribution in [0, 0.1) is 0 Å². The summed E-state index contributed by atoms with van der Waals surface area (Å²) < 4.78 is 1.94. The van der Waals surface area contributed by atoms with E-state index in [9.17, 15) is 4.79 Å². The van der Waals surface area contributed by atoms with Crippen molar-refractivity contribution in [3.05, 3.63) is 90.0 Å². The molecule has 0 amide bonds. The van der Waals surface area contributed by atoms with Gasteiger partial charge in [-0.2, -0.15) is 0 Å². The molecule has 0 radical (unpaired) electrons. The molecule has 0 bridgehead atoms. The predicted octanol–water partition coefficient (Wildman–Crippen LogP) is 4.53. The lowest BCUT2D eigenvalue weighted by Crippen LogP contribution is -2.09. The van der Waals surface area contributed by atoms with Gasteiger partial charge in [-0.25, -0.2) is 4.98 Å². The molecule has 24 heavy (non-hydrogen) atoms. The number of carbonyl (C=O) groups is 1. The lowest BCUT2D eigenvalue weighted by molar-refractivity contribution is 0.0971. The number of aryl methyl sites for hydroxylation is 1. The van der Waals surface area contributed by atoms with Crippen molar-refractivity contribution in [1.82, 2.24) is 9.55 Å². The van der Waals surface area contributed by atoms with E-state index in [4.69, 9.17) is 0 Å².